The van der Waals surface area contributed by atoms with E-state index in [1.165, 1.54) is 12.8 Å². The van der Waals surface area contributed by atoms with Crippen molar-refractivity contribution in [1.29, 1.82) is 0 Å². The smallest absolute Gasteiger partial charge is 0.266 e. The molecule has 2 aromatic rings. The lowest BCUT2D eigenvalue weighted by molar-refractivity contribution is 0.427. The first-order chi connectivity index (χ1) is 8.85. The molecule has 1 saturated heterocycles. The molecule has 2 aliphatic rings. The maximum absolute atomic E-state index is 5.73. The first-order valence-corrected chi connectivity index (χ1v) is 6.33. The van der Waals surface area contributed by atoms with Crippen molar-refractivity contribution in [2.75, 3.05) is 6.54 Å². The van der Waals surface area contributed by atoms with Crippen LogP contribution in [0.1, 0.15) is 31.2 Å². The summed E-state index contributed by atoms with van der Waals surface area (Å²) in [4.78, 5) is 4.21. The Balaban J connectivity index is 1.59. The highest BCUT2D eigenvalue weighted by atomic mass is 16.4. The van der Waals surface area contributed by atoms with Crippen LogP contribution in [0.25, 0.3) is 11.6 Å². The van der Waals surface area contributed by atoms with Crippen molar-refractivity contribution in [2.24, 2.45) is 5.41 Å². The maximum Gasteiger partial charge on any atom is 0.266 e. The van der Waals surface area contributed by atoms with Crippen molar-refractivity contribution in [2.45, 2.75) is 25.3 Å². The Morgan fingerprint density at radius 3 is 2.94 bits per heavy atom. The van der Waals surface area contributed by atoms with Crippen molar-refractivity contribution in [3.8, 4) is 11.6 Å². The summed E-state index contributed by atoms with van der Waals surface area (Å²) in [6, 6.07) is 5.88. The van der Waals surface area contributed by atoms with Gasteiger partial charge in [0, 0.05) is 12.7 Å². The molecule has 0 amide bonds. The Morgan fingerprint density at radius 2 is 2.22 bits per heavy atom. The van der Waals surface area contributed by atoms with Crippen LogP contribution in [0.3, 0.4) is 0 Å². The maximum atomic E-state index is 5.73. The van der Waals surface area contributed by atoms with Gasteiger partial charge in [-0.2, -0.15) is 0 Å². The third kappa shape index (κ3) is 1.62. The van der Waals surface area contributed by atoms with Crippen molar-refractivity contribution in [3.05, 3.63) is 30.3 Å². The molecule has 18 heavy (non-hydrogen) atoms. The highest BCUT2D eigenvalue weighted by Crippen LogP contribution is 2.54. The Hall–Kier alpha value is -1.75. The summed E-state index contributed by atoms with van der Waals surface area (Å²) in [6.07, 6.45) is 5.51. The summed E-state index contributed by atoms with van der Waals surface area (Å²) < 4.78 is 5.73. The summed E-state index contributed by atoms with van der Waals surface area (Å²) in [5, 5.41) is 11.7. The van der Waals surface area contributed by atoms with Gasteiger partial charge in [-0.15, -0.1) is 10.2 Å². The average Bonchev–Trinajstić information content (AvgIpc) is 2.84. The molecule has 1 aliphatic heterocycles. The number of rotatable bonds is 2. The van der Waals surface area contributed by atoms with E-state index in [0.717, 1.165) is 18.7 Å². The fourth-order valence-electron chi connectivity index (χ4n) is 2.62. The van der Waals surface area contributed by atoms with Crippen molar-refractivity contribution in [1.82, 2.24) is 20.5 Å². The van der Waals surface area contributed by atoms with Gasteiger partial charge in [0.1, 0.15) is 5.69 Å². The molecule has 1 aliphatic carbocycles. The molecule has 5 nitrogen and oxygen atoms in total. The molecule has 1 saturated carbocycles. The predicted molar refractivity (Wildman–Crippen MR) is 64.6 cm³/mol. The minimum atomic E-state index is 0.220. The number of pyridine rings is 1. The number of aromatic nitrogens is 3. The van der Waals surface area contributed by atoms with E-state index in [4.69, 9.17) is 4.42 Å². The molecule has 2 fully saturated rings. The minimum absolute atomic E-state index is 0.220. The Morgan fingerprint density at radius 1 is 1.28 bits per heavy atom. The zero-order valence-corrected chi connectivity index (χ0v) is 9.97. The van der Waals surface area contributed by atoms with Gasteiger partial charge in [-0.3, -0.25) is 4.98 Å². The zero-order chi connectivity index (χ0) is 12.0. The lowest BCUT2D eigenvalue weighted by Gasteiger charge is -2.03. The summed E-state index contributed by atoms with van der Waals surface area (Å²) in [7, 11) is 0. The second-order valence-electron chi connectivity index (χ2n) is 5.30. The van der Waals surface area contributed by atoms with E-state index in [1.807, 2.05) is 18.2 Å². The van der Waals surface area contributed by atoms with Gasteiger partial charge in [-0.1, -0.05) is 6.07 Å². The molecule has 4 rings (SSSR count). The number of nitrogens with one attached hydrogen (secondary N) is 1. The fourth-order valence-corrected chi connectivity index (χ4v) is 2.62. The second kappa shape index (κ2) is 3.62. The molecule has 2 aromatic heterocycles. The molecule has 1 atom stereocenters. The van der Waals surface area contributed by atoms with Crippen molar-refractivity contribution >= 4 is 0 Å². The lowest BCUT2D eigenvalue weighted by atomic mass is 10.0. The first kappa shape index (κ1) is 10.2. The van der Waals surface area contributed by atoms with E-state index in [0.29, 0.717) is 17.2 Å². The SMILES string of the molecule is c1ccc(-c2nnc(C3CC4(CC4)CN3)o2)nc1. The average molecular weight is 242 g/mol. The monoisotopic (exact) mass is 242 g/mol. The highest BCUT2D eigenvalue weighted by molar-refractivity contribution is 5.45. The van der Waals surface area contributed by atoms with Gasteiger partial charge in [-0.05, 0) is 36.8 Å². The lowest BCUT2D eigenvalue weighted by Crippen LogP contribution is -2.14. The molecular weight excluding hydrogens is 228 g/mol. The van der Waals surface area contributed by atoms with Gasteiger partial charge < -0.3 is 9.73 Å². The molecular formula is C13H14N4O. The van der Waals surface area contributed by atoms with Gasteiger partial charge in [0.05, 0.1) is 6.04 Å². The molecule has 0 aromatic carbocycles. The van der Waals surface area contributed by atoms with E-state index in [1.54, 1.807) is 6.20 Å². The largest absolute Gasteiger partial charge is 0.418 e. The summed E-state index contributed by atoms with van der Waals surface area (Å²) in [5.41, 5.74) is 1.26. The Kier molecular flexibility index (Phi) is 2.05. The number of hydrogen-bond donors (Lipinski definition) is 1. The Labute approximate surface area is 105 Å². The minimum Gasteiger partial charge on any atom is -0.418 e. The molecule has 1 unspecified atom stereocenters. The van der Waals surface area contributed by atoms with Crippen LogP contribution >= 0.6 is 0 Å². The van der Waals surface area contributed by atoms with Crippen LogP contribution in [0, 0.1) is 5.41 Å². The molecule has 5 heteroatoms. The van der Waals surface area contributed by atoms with E-state index < -0.39 is 0 Å². The standard InChI is InChI=1S/C13H14N4O/c1-2-6-14-9(3-1)11-16-17-12(18-11)10-7-13(4-5-13)8-15-10/h1-3,6,10,15H,4-5,7-8H2. The first-order valence-electron chi connectivity index (χ1n) is 6.33. The normalized spacial score (nSPS) is 24.6. The van der Waals surface area contributed by atoms with Gasteiger partial charge in [-0.25, -0.2) is 0 Å². The molecule has 0 bridgehead atoms. The van der Waals surface area contributed by atoms with Crippen LogP contribution in [0.5, 0.6) is 0 Å². The van der Waals surface area contributed by atoms with Crippen LogP contribution in [-0.4, -0.2) is 21.7 Å². The summed E-state index contributed by atoms with van der Waals surface area (Å²) >= 11 is 0. The van der Waals surface area contributed by atoms with Crippen molar-refractivity contribution in [3.63, 3.8) is 0 Å². The summed E-state index contributed by atoms with van der Waals surface area (Å²) in [6.45, 7) is 1.08. The van der Waals surface area contributed by atoms with E-state index in [2.05, 4.69) is 20.5 Å². The number of nitrogens with zero attached hydrogens (tertiary/aromatic N) is 3. The molecule has 92 valence electrons. The second-order valence-corrected chi connectivity index (χ2v) is 5.30. The molecule has 1 N–H and O–H groups in total. The highest BCUT2D eigenvalue weighted by Gasteiger charge is 2.49. The van der Waals surface area contributed by atoms with E-state index in [9.17, 15) is 0 Å². The van der Waals surface area contributed by atoms with Gasteiger partial charge >= 0.3 is 0 Å². The van der Waals surface area contributed by atoms with Crippen LogP contribution < -0.4 is 5.32 Å². The van der Waals surface area contributed by atoms with Crippen molar-refractivity contribution < 1.29 is 4.42 Å². The third-order valence-corrected chi connectivity index (χ3v) is 3.94. The van der Waals surface area contributed by atoms with Crippen LogP contribution in [0.15, 0.2) is 28.8 Å². The van der Waals surface area contributed by atoms with Gasteiger partial charge in [0.2, 0.25) is 5.89 Å². The quantitative estimate of drug-likeness (QED) is 0.872. The molecule has 1 spiro atoms. The van der Waals surface area contributed by atoms with E-state index >= 15 is 0 Å². The third-order valence-electron chi connectivity index (χ3n) is 3.94. The van der Waals surface area contributed by atoms with E-state index in [-0.39, 0.29) is 6.04 Å². The van der Waals surface area contributed by atoms with Gasteiger partial charge in [0.25, 0.3) is 5.89 Å². The Bertz CT molecular complexity index is 561. The predicted octanol–water partition coefficient (Wildman–Crippen LogP) is 1.95. The molecule has 0 radical (unpaired) electrons. The van der Waals surface area contributed by atoms with Crippen LogP contribution in [0.2, 0.25) is 0 Å². The topological polar surface area (TPSA) is 63.8 Å². The zero-order valence-electron chi connectivity index (χ0n) is 9.97. The fraction of sp³-hybridized carbons (Fsp3) is 0.462. The molecule has 3 heterocycles. The van der Waals surface area contributed by atoms with Crippen LogP contribution in [0.4, 0.5) is 0 Å². The van der Waals surface area contributed by atoms with Crippen LogP contribution in [-0.2, 0) is 0 Å². The van der Waals surface area contributed by atoms with Gasteiger partial charge in [0.15, 0.2) is 0 Å². The number of hydrogen-bond acceptors (Lipinski definition) is 5. The summed E-state index contributed by atoms with van der Waals surface area (Å²) in [5.74, 6) is 1.20.